The van der Waals surface area contributed by atoms with Gasteiger partial charge in [0.05, 0.1) is 6.10 Å². The molecule has 86 valence electrons. The number of para-hydroxylation sites is 1. The number of aliphatic hydroxyl groups excluding tert-OH is 1. The quantitative estimate of drug-likeness (QED) is 0.291. The molecule has 0 radical (unpaired) electrons. The van der Waals surface area contributed by atoms with E-state index < -0.39 is 0 Å². The molecule has 1 aromatic rings. The standard InChI is InChI=1S/C11H15N3O2/c12-11(13-16)9-3-1-2-4-10(9)14-6-5-8(15)7-14/h1-4,8,15-16H,5-7H2,(H2,12,13). The van der Waals surface area contributed by atoms with E-state index in [0.29, 0.717) is 12.1 Å². The number of amidine groups is 1. The van der Waals surface area contributed by atoms with Gasteiger partial charge in [-0.25, -0.2) is 0 Å². The van der Waals surface area contributed by atoms with Gasteiger partial charge in [0, 0.05) is 24.3 Å². The van der Waals surface area contributed by atoms with E-state index in [0.717, 1.165) is 18.7 Å². The molecule has 5 nitrogen and oxygen atoms in total. The fourth-order valence-corrected chi connectivity index (χ4v) is 1.98. The minimum Gasteiger partial charge on any atom is -0.409 e. The third-order valence-corrected chi connectivity index (χ3v) is 2.79. The highest BCUT2D eigenvalue weighted by Gasteiger charge is 2.22. The van der Waals surface area contributed by atoms with E-state index in [9.17, 15) is 5.11 Å². The highest BCUT2D eigenvalue weighted by Crippen LogP contribution is 2.24. The minimum absolute atomic E-state index is 0.0944. The van der Waals surface area contributed by atoms with Gasteiger partial charge in [0.1, 0.15) is 0 Å². The Morgan fingerprint density at radius 1 is 1.44 bits per heavy atom. The summed E-state index contributed by atoms with van der Waals surface area (Å²) in [7, 11) is 0. The number of β-amino-alcohol motifs (C(OH)–C–C–N with tert-alkyl or cyclic N) is 1. The summed E-state index contributed by atoms with van der Waals surface area (Å²) in [5, 5.41) is 21.2. The number of benzene rings is 1. The average molecular weight is 221 g/mol. The Morgan fingerprint density at radius 2 is 2.19 bits per heavy atom. The average Bonchev–Trinajstić information content (AvgIpc) is 2.75. The zero-order chi connectivity index (χ0) is 11.5. The molecule has 0 spiro atoms. The summed E-state index contributed by atoms with van der Waals surface area (Å²) in [6, 6.07) is 7.44. The molecule has 0 saturated carbocycles. The second kappa shape index (κ2) is 4.40. The van der Waals surface area contributed by atoms with Crippen molar-refractivity contribution < 1.29 is 10.3 Å². The molecule has 1 aliphatic heterocycles. The lowest BCUT2D eigenvalue weighted by molar-refractivity contribution is 0.198. The van der Waals surface area contributed by atoms with E-state index >= 15 is 0 Å². The molecule has 1 unspecified atom stereocenters. The molecule has 0 aromatic heterocycles. The predicted octanol–water partition coefficient (Wildman–Crippen LogP) is 0.352. The van der Waals surface area contributed by atoms with Gasteiger partial charge >= 0.3 is 0 Å². The van der Waals surface area contributed by atoms with E-state index in [2.05, 4.69) is 5.16 Å². The molecular weight excluding hydrogens is 206 g/mol. The van der Waals surface area contributed by atoms with Crippen molar-refractivity contribution in [2.24, 2.45) is 10.9 Å². The van der Waals surface area contributed by atoms with Crippen LogP contribution in [0.2, 0.25) is 0 Å². The van der Waals surface area contributed by atoms with Crippen molar-refractivity contribution in [1.82, 2.24) is 0 Å². The molecule has 1 aliphatic rings. The Labute approximate surface area is 93.8 Å². The highest BCUT2D eigenvalue weighted by atomic mass is 16.4. The summed E-state index contributed by atoms with van der Waals surface area (Å²) in [5.74, 6) is 0.0944. The van der Waals surface area contributed by atoms with E-state index in [1.165, 1.54) is 0 Å². The van der Waals surface area contributed by atoms with E-state index in [4.69, 9.17) is 10.9 Å². The van der Waals surface area contributed by atoms with Crippen LogP contribution in [-0.4, -0.2) is 35.3 Å². The smallest absolute Gasteiger partial charge is 0.172 e. The molecule has 16 heavy (non-hydrogen) atoms. The van der Waals surface area contributed by atoms with Crippen molar-refractivity contribution in [3.05, 3.63) is 29.8 Å². The lowest BCUT2D eigenvalue weighted by Gasteiger charge is -2.20. The molecule has 0 bridgehead atoms. The molecule has 1 fully saturated rings. The third-order valence-electron chi connectivity index (χ3n) is 2.79. The zero-order valence-corrected chi connectivity index (χ0v) is 8.87. The predicted molar refractivity (Wildman–Crippen MR) is 61.8 cm³/mol. The zero-order valence-electron chi connectivity index (χ0n) is 8.87. The Hall–Kier alpha value is -1.75. The molecule has 0 aliphatic carbocycles. The van der Waals surface area contributed by atoms with Crippen molar-refractivity contribution >= 4 is 11.5 Å². The van der Waals surface area contributed by atoms with Gasteiger partial charge in [0.15, 0.2) is 5.84 Å². The van der Waals surface area contributed by atoms with Crippen LogP contribution < -0.4 is 10.6 Å². The first-order valence-electron chi connectivity index (χ1n) is 5.22. The molecule has 2 rings (SSSR count). The van der Waals surface area contributed by atoms with Gasteiger partial charge in [-0.1, -0.05) is 17.3 Å². The van der Waals surface area contributed by atoms with Crippen molar-refractivity contribution in [2.75, 3.05) is 18.0 Å². The first-order chi connectivity index (χ1) is 7.72. The normalized spacial score (nSPS) is 21.4. The minimum atomic E-state index is -0.291. The summed E-state index contributed by atoms with van der Waals surface area (Å²) in [4.78, 5) is 2.04. The van der Waals surface area contributed by atoms with Gasteiger partial charge in [-0.2, -0.15) is 0 Å². The maximum absolute atomic E-state index is 9.50. The topological polar surface area (TPSA) is 82.1 Å². The molecule has 0 amide bonds. The van der Waals surface area contributed by atoms with Crippen LogP contribution in [0.4, 0.5) is 5.69 Å². The summed E-state index contributed by atoms with van der Waals surface area (Å²) < 4.78 is 0. The fraction of sp³-hybridized carbons (Fsp3) is 0.364. The van der Waals surface area contributed by atoms with Crippen LogP contribution in [0.3, 0.4) is 0 Å². The maximum atomic E-state index is 9.50. The van der Waals surface area contributed by atoms with Crippen LogP contribution >= 0.6 is 0 Å². The van der Waals surface area contributed by atoms with Crippen molar-refractivity contribution in [3.63, 3.8) is 0 Å². The van der Waals surface area contributed by atoms with E-state index in [-0.39, 0.29) is 11.9 Å². The van der Waals surface area contributed by atoms with Crippen molar-refractivity contribution in [2.45, 2.75) is 12.5 Å². The van der Waals surface area contributed by atoms with Crippen LogP contribution in [0.15, 0.2) is 29.4 Å². The highest BCUT2D eigenvalue weighted by molar-refractivity contribution is 6.02. The molecule has 1 heterocycles. The Bertz CT molecular complexity index is 406. The number of nitrogens with zero attached hydrogens (tertiary/aromatic N) is 2. The van der Waals surface area contributed by atoms with Gasteiger partial charge in [-0.05, 0) is 18.6 Å². The SMILES string of the molecule is NC(=NO)c1ccccc1N1CCC(O)C1. The molecular formula is C11H15N3O2. The van der Waals surface area contributed by atoms with Crippen LogP contribution in [0.1, 0.15) is 12.0 Å². The molecule has 1 saturated heterocycles. The Balaban J connectivity index is 2.33. The Morgan fingerprint density at radius 3 is 2.81 bits per heavy atom. The number of anilines is 1. The van der Waals surface area contributed by atoms with E-state index in [1.807, 2.05) is 23.1 Å². The monoisotopic (exact) mass is 221 g/mol. The van der Waals surface area contributed by atoms with Gasteiger partial charge in [-0.15, -0.1) is 0 Å². The molecule has 4 N–H and O–H groups in total. The number of nitrogens with two attached hydrogens (primary N) is 1. The second-order valence-corrected chi connectivity index (χ2v) is 3.89. The van der Waals surface area contributed by atoms with Crippen LogP contribution in [0, 0.1) is 0 Å². The number of hydrogen-bond donors (Lipinski definition) is 3. The van der Waals surface area contributed by atoms with Gasteiger partial charge < -0.3 is 20.9 Å². The molecule has 1 aromatic carbocycles. The number of aliphatic hydroxyl groups is 1. The van der Waals surface area contributed by atoms with Crippen LogP contribution in [0.25, 0.3) is 0 Å². The van der Waals surface area contributed by atoms with Gasteiger partial charge in [0.25, 0.3) is 0 Å². The first kappa shape index (κ1) is 10.8. The number of hydrogen-bond acceptors (Lipinski definition) is 4. The van der Waals surface area contributed by atoms with Crippen molar-refractivity contribution in [1.29, 1.82) is 0 Å². The van der Waals surface area contributed by atoms with Gasteiger partial charge in [-0.3, -0.25) is 0 Å². The summed E-state index contributed by atoms with van der Waals surface area (Å²) >= 11 is 0. The Kier molecular flexibility index (Phi) is 2.96. The van der Waals surface area contributed by atoms with E-state index in [1.54, 1.807) is 6.07 Å². The summed E-state index contributed by atoms with van der Waals surface area (Å²) in [6.45, 7) is 1.38. The third kappa shape index (κ3) is 1.94. The first-order valence-corrected chi connectivity index (χ1v) is 5.22. The largest absolute Gasteiger partial charge is 0.409 e. The lowest BCUT2D eigenvalue weighted by atomic mass is 10.1. The summed E-state index contributed by atoms with van der Waals surface area (Å²) in [6.07, 6.45) is 0.463. The second-order valence-electron chi connectivity index (χ2n) is 3.89. The van der Waals surface area contributed by atoms with Crippen LogP contribution in [0.5, 0.6) is 0 Å². The maximum Gasteiger partial charge on any atom is 0.172 e. The summed E-state index contributed by atoms with van der Waals surface area (Å²) in [5.41, 5.74) is 7.20. The van der Waals surface area contributed by atoms with Crippen molar-refractivity contribution in [3.8, 4) is 0 Å². The molecule has 1 atom stereocenters. The fourth-order valence-electron chi connectivity index (χ4n) is 1.98. The van der Waals surface area contributed by atoms with Crippen LogP contribution in [-0.2, 0) is 0 Å². The molecule has 5 heteroatoms. The number of rotatable bonds is 2. The number of oxime groups is 1. The lowest BCUT2D eigenvalue weighted by Crippen LogP contribution is -2.25. The van der Waals surface area contributed by atoms with Gasteiger partial charge in [0.2, 0.25) is 0 Å².